The number of rotatable bonds is 9. The largest absolute Gasteiger partial charge is 0.542 e. The van der Waals surface area contributed by atoms with E-state index in [0.29, 0.717) is 0 Å². The standard InChI is InChI=1S/C24H18O12/c25-11-7-19(23(29)30)35-17-5-1-3-15(21(11)17)33-9-13(27)14(28)10-34-16-4-2-6-18-22(16)12(26)8-20(36-18)24(31)32/h1-8,13-14,27-28H,9-10H2,(H,29,30)(H,31,32)/p-1/t13-,14-/m0/s1. The molecule has 2 heterocycles. The normalized spacial score (nSPS) is 12.8. The van der Waals surface area contributed by atoms with Crippen LogP contribution >= 0.6 is 0 Å². The third-order valence-electron chi connectivity index (χ3n) is 5.11. The van der Waals surface area contributed by atoms with Crippen molar-refractivity contribution in [2.24, 2.45) is 0 Å². The van der Waals surface area contributed by atoms with Crippen molar-refractivity contribution in [2.75, 3.05) is 13.2 Å². The fraction of sp³-hybridized carbons (Fsp3) is 0.167. The molecule has 2 aromatic carbocycles. The van der Waals surface area contributed by atoms with Crippen molar-refractivity contribution in [1.29, 1.82) is 0 Å². The summed E-state index contributed by atoms with van der Waals surface area (Å²) in [5, 5.41) is 40.5. The zero-order chi connectivity index (χ0) is 26.0. The number of carbonyl (C=O) groups is 2. The van der Waals surface area contributed by atoms with Gasteiger partial charge in [0.15, 0.2) is 16.6 Å². The van der Waals surface area contributed by atoms with Crippen LogP contribution in [-0.4, -0.2) is 52.7 Å². The second kappa shape index (κ2) is 9.90. The van der Waals surface area contributed by atoms with Crippen molar-refractivity contribution in [3.05, 3.63) is 80.5 Å². The molecule has 2 aromatic heterocycles. The Morgan fingerprint density at radius 2 is 1.25 bits per heavy atom. The van der Waals surface area contributed by atoms with Gasteiger partial charge in [-0.15, -0.1) is 0 Å². The lowest BCUT2D eigenvalue weighted by Gasteiger charge is -2.19. The molecule has 0 radical (unpaired) electrons. The van der Waals surface area contributed by atoms with Crippen molar-refractivity contribution < 1.29 is 48.3 Å². The number of ether oxygens (including phenoxy) is 2. The summed E-state index contributed by atoms with van der Waals surface area (Å²) in [5.41, 5.74) is -1.48. The summed E-state index contributed by atoms with van der Waals surface area (Å²) in [6, 6.07) is 9.97. The molecule has 0 aliphatic rings. The quantitative estimate of drug-likeness (QED) is 0.283. The van der Waals surface area contributed by atoms with Gasteiger partial charge in [0, 0.05) is 12.1 Å². The molecule has 0 aliphatic heterocycles. The zero-order valence-electron chi connectivity index (χ0n) is 18.2. The van der Waals surface area contributed by atoms with Crippen molar-refractivity contribution in [3.63, 3.8) is 0 Å². The summed E-state index contributed by atoms with van der Waals surface area (Å²) >= 11 is 0. The average Bonchev–Trinajstić information content (AvgIpc) is 2.85. The summed E-state index contributed by atoms with van der Waals surface area (Å²) in [7, 11) is 0. The Hall–Kier alpha value is -4.68. The number of hydrogen-bond acceptors (Lipinski definition) is 11. The Kier molecular flexibility index (Phi) is 6.72. The van der Waals surface area contributed by atoms with Crippen molar-refractivity contribution in [2.45, 2.75) is 12.2 Å². The highest BCUT2D eigenvalue weighted by molar-refractivity contribution is 5.90. The molecule has 0 bridgehead atoms. The smallest absolute Gasteiger partial charge is 0.371 e. The molecule has 186 valence electrons. The molecule has 0 fully saturated rings. The summed E-state index contributed by atoms with van der Waals surface area (Å²) in [6.45, 7) is -0.957. The maximum Gasteiger partial charge on any atom is 0.371 e. The molecule has 0 unspecified atom stereocenters. The lowest BCUT2D eigenvalue weighted by molar-refractivity contribution is -0.257. The number of benzene rings is 2. The van der Waals surface area contributed by atoms with Gasteiger partial charge in [0.1, 0.15) is 64.8 Å². The molecule has 4 rings (SSSR count). The third kappa shape index (κ3) is 4.89. The monoisotopic (exact) mass is 497 g/mol. The first kappa shape index (κ1) is 24.4. The first-order valence-corrected chi connectivity index (χ1v) is 10.4. The van der Waals surface area contributed by atoms with Crippen LogP contribution in [-0.2, 0) is 0 Å². The molecule has 12 heteroatoms. The fourth-order valence-corrected chi connectivity index (χ4v) is 3.38. The highest BCUT2D eigenvalue weighted by Crippen LogP contribution is 2.25. The van der Waals surface area contributed by atoms with Crippen LogP contribution in [0.1, 0.15) is 21.1 Å². The Labute approximate surface area is 200 Å². The number of carbonyl (C=O) groups excluding carboxylic acids is 1. The average molecular weight is 497 g/mol. The first-order chi connectivity index (χ1) is 17.2. The van der Waals surface area contributed by atoms with Crippen molar-refractivity contribution >= 4 is 33.9 Å². The number of hydrogen-bond donors (Lipinski definition) is 3. The molecule has 3 N–H and O–H groups in total. The van der Waals surface area contributed by atoms with Gasteiger partial charge in [0.25, 0.3) is 0 Å². The number of fused-ring (bicyclic) bond motifs is 2. The van der Waals surface area contributed by atoms with E-state index in [2.05, 4.69) is 0 Å². The number of carboxylic acids is 2. The Balaban J connectivity index is 1.46. The molecule has 0 saturated carbocycles. The highest BCUT2D eigenvalue weighted by Gasteiger charge is 2.21. The van der Waals surface area contributed by atoms with E-state index in [1.54, 1.807) is 0 Å². The van der Waals surface area contributed by atoms with Gasteiger partial charge in [0.2, 0.25) is 5.76 Å². The van der Waals surface area contributed by atoms with E-state index >= 15 is 0 Å². The van der Waals surface area contributed by atoms with Gasteiger partial charge in [-0.05, 0) is 24.3 Å². The van der Waals surface area contributed by atoms with Gasteiger partial charge < -0.3 is 43.5 Å². The summed E-state index contributed by atoms with van der Waals surface area (Å²) in [6.07, 6.45) is -3.00. The molecule has 0 saturated heterocycles. The number of aromatic carboxylic acids is 2. The molecule has 4 aromatic rings. The maximum absolute atomic E-state index is 12.4. The number of aliphatic hydroxyl groups excluding tert-OH is 2. The molecular formula is C24H17O12-. The number of carboxylic acid groups (broad SMARTS) is 2. The lowest BCUT2D eigenvalue weighted by atomic mass is 10.2. The van der Waals surface area contributed by atoms with Gasteiger partial charge in [-0.3, -0.25) is 9.59 Å². The number of aliphatic hydroxyl groups is 2. The Morgan fingerprint density at radius 3 is 1.69 bits per heavy atom. The van der Waals surface area contributed by atoms with E-state index in [1.807, 2.05) is 0 Å². The summed E-state index contributed by atoms with van der Waals surface area (Å²) in [5.74, 6) is -4.29. The topological polar surface area (TPSA) is 197 Å². The molecule has 0 spiro atoms. The molecule has 2 atom stereocenters. The van der Waals surface area contributed by atoms with Crippen LogP contribution in [0.4, 0.5) is 0 Å². The van der Waals surface area contributed by atoms with Gasteiger partial charge in [-0.1, -0.05) is 12.1 Å². The van der Waals surface area contributed by atoms with Gasteiger partial charge in [-0.2, -0.15) is 0 Å². The van der Waals surface area contributed by atoms with Crippen LogP contribution in [0.15, 0.2) is 67.0 Å². The van der Waals surface area contributed by atoms with E-state index in [4.69, 9.17) is 23.4 Å². The van der Waals surface area contributed by atoms with E-state index in [1.165, 1.54) is 36.4 Å². The summed E-state index contributed by atoms with van der Waals surface area (Å²) in [4.78, 5) is 46.7. The minimum absolute atomic E-state index is 0.000688. The molecule has 0 amide bonds. The van der Waals surface area contributed by atoms with Gasteiger partial charge >= 0.3 is 5.97 Å². The van der Waals surface area contributed by atoms with Crippen LogP contribution in [0.25, 0.3) is 21.9 Å². The maximum atomic E-state index is 12.4. The van der Waals surface area contributed by atoms with Gasteiger partial charge in [-0.25, -0.2) is 4.79 Å². The summed E-state index contributed by atoms with van der Waals surface area (Å²) < 4.78 is 21.2. The third-order valence-corrected chi connectivity index (χ3v) is 5.11. The Morgan fingerprint density at radius 1 is 0.806 bits per heavy atom. The minimum Gasteiger partial charge on any atom is -0.542 e. The minimum atomic E-state index is -1.66. The van der Waals surface area contributed by atoms with Crippen molar-refractivity contribution in [3.8, 4) is 11.5 Å². The predicted octanol–water partition coefficient (Wildman–Crippen LogP) is 0.141. The molecule has 12 nitrogen and oxygen atoms in total. The zero-order valence-corrected chi connectivity index (χ0v) is 18.2. The van der Waals surface area contributed by atoms with E-state index in [-0.39, 0.29) is 33.4 Å². The first-order valence-electron chi connectivity index (χ1n) is 10.4. The van der Waals surface area contributed by atoms with E-state index < -0.39 is 59.7 Å². The second-order valence-corrected chi connectivity index (χ2v) is 7.56. The van der Waals surface area contributed by atoms with Crippen molar-refractivity contribution in [1.82, 2.24) is 0 Å². The van der Waals surface area contributed by atoms with Crippen LogP contribution in [0, 0.1) is 0 Å². The second-order valence-electron chi connectivity index (χ2n) is 7.56. The van der Waals surface area contributed by atoms with Gasteiger partial charge in [0.05, 0.1) is 0 Å². The van der Waals surface area contributed by atoms with Crippen LogP contribution in [0.2, 0.25) is 0 Å². The predicted molar refractivity (Wildman–Crippen MR) is 119 cm³/mol. The fourth-order valence-electron chi connectivity index (χ4n) is 3.38. The molecule has 36 heavy (non-hydrogen) atoms. The van der Waals surface area contributed by atoms with Crippen LogP contribution < -0.4 is 25.4 Å². The van der Waals surface area contributed by atoms with E-state index in [9.17, 15) is 34.5 Å². The van der Waals surface area contributed by atoms with Crippen LogP contribution in [0.3, 0.4) is 0 Å². The lowest BCUT2D eigenvalue weighted by Crippen LogP contribution is -2.36. The van der Waals surface area contributed by atoms with Crippen LogP contribution in [0.5, 0.6) is 11.5 Å². The SMILES string of the molecule is O=C([O-])c1cc(=O)c2c(OC[C@H](O)[C@@H](O)COc3cccc4oc(C(=O)O)cc(=O)c34)cccc2o1. The molecular weight excluding hydrogens is 480 g/mol. The highest BCUT2D eigenvalue weighted by atomic mass is 16.5. The van der Waals surface area contributed by atoms with E-state index in [0.717, 1.165) is 12.1 Å². The molecule has 0 aliphatic carbocycles. The Bertz CT molecular complexity index is 1460.